The molecule has 0 aliphatic heterocycles. The third-order valence-electron chi connectivity index (χ3n) is 4.19. The van der Waals surface area contributed by atoms with Gasteiger partial charge in [-0.05, 0) is 5.56 Å². The normalized spacial score (nSPS) is 12.3. The smallest absolute Gasteiger partial charge is 0.407 e. The molecule has 11 nitrogen and oxygen atoms in total. The minimum atomic E-state index is -1.48. The van der Waals surface area contributed by atoms with Gasteiger partial charge in [0.05, 0.1) is 14.2 Å². The second-order valence-electron chi connectivity index (χ2n) is 6.25. The number of primary amides is 1. The van der Waals surface area contributed by atoms with E-state index in [2.05, 4.69) is 20.1 Å². The van der Waals surface area contributed by atoms with E-state index in [-0.39, 0.29) is 6.61 Å². The van der Waals surface area contributed by atoms with E-state index in [1.807, 2.05) is 6.07 Å². The molecule has 11 heteroatoms. The van der Waals surface area contributed by atoms with Crippen LogP contribution in [0.15, 0.2) is 30.3 Å². The number of benzene rings is 1. The van der Waals surface area contributed by atoms with Gasteiger partial charge in [0, 0.05) is 5.92 Å². The van der Waals surface area contributed by atoms with Crippen LogP contribution >= 0.6 is 0 Å². The summed E-state index contributed by atoms with van der Waals surface area (Å²) >= 11 is 0. The Balaban J connectivity index is 2.65. The Labute approximate surface area is 173 Å². The fourth-order valence-electron chi connectivity index (χ4n) is 2.58. The molecular formula is C19H25N3O8. The maximum absolute atomic E-state index is 12.1. The Morgan fingerprint density at radius 1 is 1.00 bits per heavy atom. The highest BCUT2D eigenvalue weighted by molar-refractivity contribution is 5.97. The first-order valence-electron chi connectivity index (χ1n) is 8.90. The van der Waals surface area contributed by atoms with Crippen molar-refractivity contribution in [2.75, 3.05) is 20.8 Å². The van der Waals surface area contributed by atoms with E-state index in [0.717, 1.165) is 19.8 Å². The molecule has 0 fully saturated rings. The molecule has 164 valence electrons. The van der Waals surface area contributed by atoms with Gasteiger partial charge in [-0.15, -0.1) is 0 Å². The zero-order chi connectivity index (χ0) is 22.7. The molecular weight excluding hydrogens is 398 g/mol. The SMILES string of the molecule is COC(=O)C(C(=O)OC)[C@H](C)[C@@H](NC(=O)CNC(=O)OCc1ccccc1)C(N)=O. The van der Waals surface area contributed by atoms with Gasteiger partial charge < -0.3 is 30.6 Å². The van der Waals surface area contributed by atoms with Crippen molar-refractivity contribution >= 4 is 29.8 Å². The summed E-state index contributed by atoms with van der Waals surface area (Å²) in [6, 6.07) is 7.50. The number of rotatable bonds is 10. The van der Waals surface area contributed by atoms with E-state index < -0.39 is 54.3 Å². The molecule has 1 aromatic carbocycles. The minimum absolute atomic E-state index is 0.00910. The van der Waals surface area contributed by atoms with Crippen molar-refractivity contribution in [1.82, 2.24) is 10.6 Å². The van der Waals surface area contributed by atoms with Crippen molar-refractivity contribution < 1.29 is 38.2 Å². The molecule has 0 aliphatic carbocycles. The third-order valence-corrected chi connectivity index (χ3v) is 4.19. The van der Waals surface area contributed by atoms with Gasteiger partial charge in [0.25, 0.3) is 0 Å². The number of hydrogen-bond acceptors (Lipinski definition) is 8. The van der Waals surface area contributed by atoms with Crippen molar-refractivity contribution in [2.45, 2.75) is 19.6 Å². The van der Waals surface area contributed by atoms with Gasteiger partial charge >= 0.3 is 18.0 Å². The molecule has 1 rings (SSSR count). The van der Waals surface area contributed by atoms with Crippen molar-refractivity contribution in [3.63, 3.8) is 0 Å². The summed E-state index contributed by atoms with van der Waals surface area (Å²) in [6.07, 6.45) is -0.848. The van der Waals surface area contributed by atoms with E-state index in [1.54, 1.807) is 24.3 Å². The lowest BCUT2D eigenvalue weighted by Gasteiger charge is -2.26. The van der Waals surface area contributed by atoms with Gasteiger partial charge in [-0.3, -0.25) is 19.2 Å². The summed E-state index contributed by atoms with van der Waals surface area (Å²) < 4.78 is 14.1. The van der Waals surface area contributed by atoms with Crippen LogP contribution in [0.3, 0.4) is 0 Å². The number of nitrogens with one attached hydrogen (secondary N) is 2. The van der Waals surface area contributed by atoms with Gasteiger partial charge in [-0.1, -0.05) is 37.3 Å². The van der Waals surface area contributed by atoms with Crippen LogP contribution in [0.1, 0.15) is 12.5 Å². The topological polar surface area (TPSA) is 163 Å². The maximum atomic E-state index is 12.1. The monoisotopic (exact) mass is 423 g/mol. The van der Waals surface area contributed by atoms with E-state index in [4.69, 9.17) is 10.5 Å². The molecule has 0 heterocycles. The standard InChI is InChI=1S/C19H25N3O8/c1-11(14(17(25)28-2)18(26)29-3)15(16(20)24)22-13(23)9-21-19(27)30-10-12-7-5-4-6-8-12/h4-8,11,14-15H,9-10H2,1-3H3,(H2,20,24)(H,21,27)(H,22,23)/t11-,15+/m0/s1. The first-order valence-corrected chi connectivity index (χ1v) is 8.90. The number of ether oxygens (including phenoxy) is 3. The summed E-state index contributed by atoms with van der Waals surface area (Å²) in [4.78, 5) is 59.4. The summed E-state index contributed by atoms with van der Waals surface area (Å²) in [5.74, 6) is -6.22. The second-order valence-corrected chi connectivity index (χ2v) is 6.25. The molecule has 0 saturated carbocycles. The van der Waals surface area contributed by atoms with E-state index in [0.29, 0.717) is 0 Å². The lowest BCUT2D eigenvalue weighted by atomic mass is 9.87. The lowest BCUT2D eigenvalue weighted by molar-refractivity contribution is -0.162. The van der Waals surface area contributed by atoms with Crippen molar-refractivity contribution in [3.05, 3.63) is 35.9 Å². The maximum Gasteiger partial charge on any atom is 0.407 e. The minimum Gasteiger partial charge on any atom is -0.468 e. The van der Waals surface area contributed by atoms with Gasteiger partial charge in [0.1, 0.15) is 19.2 Å². The van der Waals surface area contributed by atoms with E-state index in [1.165, 1.54) is 6.92 Å². The quantitative estimate of drug-likeness (QED) is 0.257. The number of carbonyl (C=O) groups is 5. The van der Waals surface area contributed by atoms with E-state index in [9.17, 15) is 24.0 Å². The zero-order valence-electron chi connectivity index (χ0n) is 16.9. The van der Waals surface area contributed by atoms with Crippen molar-refractivity contribution in [1.29, 1.82) is 0 Å². The molecule has 2 atom stereocenters. The average molecular weight is 423 g/mol. The number of carbonyl (C=O) groups excluding carboxylic acids is 5. The first-order chi connectivity index (χ1) is 14.2. The van der Waals surface area contributed by atoms with Crippen molar-refractivity contribution in [2.24, 2.45) is 17.6 Å². The fraction of sp³-hybridized carbons (Fsp3) is 0.421. The molecule has 0 aromatic heterocycles. The van der Waals surface area contributed by atoms with Crippen LogP contribution in [0.4, 0.5) is 4.79 Å². The Hall–Kier alpha value is -3.63. The second kappa shape index (κ2) is 12.0. The Bertz CT molecular complexity index is 752. The Morgan fingerprint density at radius 3 is 2.07 bits per heavy atom. The highest BCUT2D eigenvalue weighted by Crippen LogP contribution is 2.19. The summed E-state index contributed by atoms with van der Waals surface area (Å²) in [6.45, 7) is 0.843. The molecule has 1 aromatic rings. The third kappa shape index (κ3) is 7.41. The number of amides is 3. The molecule has 0 saturated heterocycles. The average Bonchev–Trinajstić information content (AvgIpc) is 2.74. The van der Waals surface area contributed by atoms with Crippen LogP contribution < -0.4 is 16.4 Å². The number of alkyl carbamates (subject to hydrolysis) is 1. The zero-order valence-corrected chi connectivity index (χ0v) is 16.9. The van der Waals surface area contributed by atoms with Crippen LogP contribution in [-0.4, -0.2) is 56.7 Å². The number of nitrogens with two attached hydrogens (primary N) is 1. The van der Waals surface area contributed by atoms with Crippen LogP contribution in [0.2, 0.25) is 0 Å². The number of esters is 2. The number of hydrogen-bond donors (Lipinski definition) is 3. The Morgan fingerprint density at radius 2 is 1.57 bits per heavy atom. The molecule has 0 bridgehead atoms. The predicted molar refractivity (Wildman–Crippen MR) is 102 cm³/mol. The van der Waals surface area contributed by atoms with Gasteiger partial charge in [0.15, 0.2) is 5.92 Å². The molecule has 0 aliphatic rings. The molecule has 0 spiro atoms. The summed E-state index contributed by atoms with van der Waals surface area (Å²) in [5, 5.41) is 4.51. The van der Waals surface area contributed by atoms with Crippen LogP contribution in [-0.2, 0) is 40.0 Å². The van der Waals surface area contributed by atoms with Crippen LogP contribution in [0.25, 0.3) is 0 Å². The first kappa shape index (κ1) is 24.4. The highest BCUT2D eigenvalue weighted by Gasteiger charge is 2.41. The molecule has 3 amide bonds. The van der Waals surface area contributed by atoms with Crippen LogP contribution in [0, 0.1) is 11.8 Å². The van der Waals surface area contributed by atoms with Crippen LogP contribution in [0.5, 0.6) is 0 Å². The van der Waals surface area contributed by atoms with Gasteiger partial charge in [0.2, 0.25) is 11.8 Å². The van der Waals surface area contributed by atoms with Gasteiger partial charge in [-0.25, -0.2) is 4.79 Å². The fourth-order valence-corrected chi connectivity index (χ4v) is 2.58. The molecule has 0 unspecified atom stereocenters. The summed E-state index contributed by atoms with van der Waals surface area (Å²) in [7, 11) is 2.13. The van der Waals surface area contributed by atoms with Crippen molar-refractivity contribution in [3.8, 4) is 0 Å². The largest absolute Gasteiger partial charge is 0.468 e. The molecule has 0 radical (unpaired) electrons. The predicted octanol–water partition coefficient (Wildman–Crippen LogP) is -0.519. The number of methoxy groups -OCH3 is 2. The van der Waals surface area contributed by atoms with Gasteiger partial charge in [-0.2, -0.15) is 0 Å². The molecule has 4 N–H and O–H groups in total. The Kier molecular flexibility index (Phi) is 9.80. The van der Waals surface area contributed by atoms with E-state index >= 15 is 0 Å². The highest BCUT2D eigenvalue weighted by atomic mass is 16.6. The lowest BCUT2D eigenvalue weighted by Crippen LogP contribution is -2.54. The molecule has 30 heavy (non-hydrogen) atoms. The summed E-state index contributed by atoms with van der Waals surface area (Å²) in [5.41, 5.74) is 6.07.